The Morgan fingerprint density at radius 2 is 1.84 bits per heavy atom. The normalized spacial score (nSPS) is 17.6. The number of hydrogen-bond acceptors (Lipinski definition) is 7. The van der Waals surface area contributed by atoms with Crippen LogP contribution < -0.4 is 14.4 Å². The van der Waals surface area contributed by atoms with Crippen LogP contribution in [0.5, 0.6) is 11.5 Å². The van der Waals surface area contributed by atoms with E-state index in [1.54, 1.807) is 49.4 Å². The number of carbonyl (C=O) groups excluding carboxylic acids is 2. The van der Waals surface area contributed by atoms with Gasteiger partial charge in [0.05, 0.1) is 19.8 Å². The molecule has 8 nitrogen and oxygen atoms in total. The van der Waals surface area contributed by atoms with Gasteiger partial charge in [-0.3, -0.25) is 14.5 Å². The maximum absolute atomic E-state index is 13.1. The summed E-state index contributed by atoms with van der Waals surface area (Å²) in [5.41, 5.74) is 0.641. The Kier molecular flexibility index (Phi) is 5.63. The molecule has 1 saturated heterocycles. The summed E-state index contributed by atoms with van der Waals surface area (Å²) in [6.07, 6.45) is 0. The number of ketones is 1. The third-order valence-electron chi connectivity index (χ3n) is 5.15. The van der Waals surface area contributed by atoms with Crippen LogP contribution in [0.1, 0.15) is 22.9 Å². The van der Waals surface area contributed by atoms with Crippen LogP contribution in [-0.2, 0) is 9.59 Å². The van der Waals surface area contributed by atoms with E-state index in [9.17, 15) is 14.7 Å². The molecule has 0 radical (unpaired) electrons. The monoisotopic (exact) mass is 454 g/mol. The first-order valence-corrected chi connectivity index (χ1v) is 9.96. The SMILES string of the molecule is COc1cccc([C@@H]2C(=C(O)c3ccc(Cl)cc3)C(=O)C(=O)N2c2cc(C)on2)c1OC. The van der Waals surface area contributed by atoms with Gasteiger partial charge in [-0.2, -0.15) is 0 Å². The third kappa shape index (κ3) is 3.48. The number of Topliss-reactive ketones (excluding diaryl/α,β-unsaturated/α-hetero) is 1. The van der Waals surface area contributed by atoms with Crippen LogP contribution >= 0.6 is 11.6 Å². The van der Waals surface area contributed by atoms with Gasteiger partial charge in [0.15, 0.2) is 17.3 Å². The smallest absolute Gasteiger partial charge is 0.301 e. The molecule has 3 aromatic rings. The van der Waals surface area contributed by atoms with E-state index in [4.69, 9.17) is 25.6 Å². The van der Waals surface area contributed by atoms with Crippen molar-refractivity contribution < 1.29 is 28.7 Å². The number of methoxy groups -OCH3 is 2. The lowest BCUT2D eigenvalue weighted by molar-refractivity contribution is -0.132. The second-order valence-electron chi connectivity index (χ2n) is 7.05. The largest absolute Gasteiger partial charge is 0.507 e. The molecule has 1 aliphatic rings. The number of ether oxygens (including phenoxy) is 2. The molecule has 0 saturated carbocycles. The number of hydrogen-bond donors (Lipinski definition) is 1. The fraction of sp³-hybridized carbons (Fsp3) is 0.174. The lowest BCUT2D eigenvalue weighted by Gasteiger charge is -2.25. The van der Waals surface area contributed by atoms with Crippen molar-refractivity contribution in [3.05, 3.63) is 76.0 Å². The summed E-state index contributed by atoms with van der Waals surface area (Å²) < 4.78 is 16.1. The first-order valence-electron chi connectivity index (χ1n) is 9.58. The molecule has 4 rings (SSSR count). The molecule has 0 bridgehead atoms. The summed E-state index contributed by atoms with van der Waals surface area (Å²) in [6.45, 7) is 1.67. The van der Waals surface area contributed by atoms with Crippen molar-refractivity contribution >= 4 is 34.9 Å². The van der Waals surface area contributed by atoms with Crippen LogP contribution in [0, 0.1) is 6.92 Å². The van der Waals surface area contributed by atoms with Gasteiger partial charge in [0.2, 0.25) is 0 Å². The van der Waals surface area contributed by atoms with Crippen molar-refractivity contribution in [3.63, 3.8) is 0 Å². The number of carbonyl (C=O) groups is 2. The summed E-state index contributed by atoms with van der Waals surface area (Å²) in [5.74, 6) is -0.771. The van der Waals surface area contributed by atoms with Gasteiger partial charge in [-0.25, -0.2) is 0 Å². The number of aliphatic hydroxyl groups excluding tert-OH is 1. The number of rotatable bonds is 5. The standard InChI is InChI=1S/C23H19ClN2O6/c1-12-11-17(25-32-12)26-19(15-5-4-6-16(30-2)22(15)31-3)18(21(28)23(26)29)20(27)13-7-9-14(24)10-8-13/h4-11,19,27H,1-3H3/t19-/m1/s1. The summed E-state index contributed by atoms with van der Waals surface area (Å²) >= 11 is 5.95. The summed E-state index contributed by atoms with van der Waals surface area (Å²) in [6, 6.07) is 11.8. The van der Waals surface area contributed by atoms with E-state index in [-0.39, 0.29) is 17.2 Å². The second kappa shape index (κ2) is 8.39. The average molecular weight is 455 g/mol. The summed E-state index contributed by atoms with van der Waals surface area (Å²) in [7, 11) is 2.93. The van der Waals surface area contributed by atoms with Crippen LogP contribution in [0.2, 0.25) is 5.02 Å². The van der Waals surface area contributed by atoms with E-state index in [0.29, 0.717) is 33.4 Å². The van der Waals surface area contributed by atoms with Crippen LogP contribution in [-0.4, -0.2) is 36.2 Å². The van der Waals surface area contributed by atoms with Crippen LogP contribution in [0.25, 0.3) is 5.76 Å². The van der Waals surface area contributed by atoms with Crippen molar-refractivity contribution in [2.45, 2.75) is 13.0 Å². The van der Waals surface area contributed by atoms with E-state index in [1.165, 1.54) is 25.2 Å². The van der Waals surface area contributed by atoms with Crippen LogP contribution in [0.15, 0.2) is 58.6 Å². The van der Waals surface area contributed by atoms with E-state index in [1.807, 2.05) is 0 Å². The number of aromatic nitrogens is 1. The Hall–Kier alpha value is -3.78. The Morgan fingerprint density at radius 3 is 2.44 bits per heavy atom. The van der Waals surface area contributed by atoms with E-state index in [2.05, 4.69) is 5.16 Å². The molecule has 0 aliphatic carbocycles. The quantitative estimate of drug-likeness (QED) is 0.348. The minimum Gasteiger partial charge on any atom is -0.507 e. The molecule has 0 unspecified atom stereocenters. The van der Waals surface area contributed by atoms with Gasteiger partial charge in [-0.05, 0) is 37.3 Å². The van der Waals surface area contributed by atoms with Gasteiger partial charge >= 0.3 is 5.91 Å². The molecule has 1 N–H and O–H groups in total. The first-order chi connectivity index (χ1) is 15.4. The molecule has 164 valence electrons. The van der Waals surface area contributed by atoms with E-state index < -0.39 is 17.7 Å². The number of aliphatic hydroxyl groups is 1. The van der Waals surface area contributed by atoms with Gasteiger partial charge in [0.1, 0.15) is 17.6 Å². The zero-order valence-corrected chi connectivity index (χ0v) is 18.2. The molecule has 2 aromatic carbocycles. The topological polar surface area (TPSA) is 102 Å². The van der Waals surface area contributed by atoms with Crippen LogP contribution in [0.4, 0.5) is 5.82 Å². The van der Waals surface area contributed by atoms with Crippen molar-refractivity contribution in [2.75, 3.05) is 19.1 Å². The minimum atomic E-state index is -1.04. The lowest BCUT2D eigenvalue weighted by Crippen LogP contribution is -2.30. The molecular formula is C23H19ClN2O6. The Labute approximate surface area is 188 Å². The summed E-state index contributed by atoms with van der Waals surface area (Å²) in [4.78, 5) is 27.4. The van der Waals surface area contributed by atoms with E-state index >= 15 is 0 Å². The molecule has 9 heteroatoms. The number of aryl methyl sites for hydroxylation is 1. The Morgan fingerprint density at radius 1 is 1.12 bits per heavy atom. The molecule has 0 spiro atoms. The molecule has 1 amide bonds. The fourth-order valence-corrected chi connectivity index (χ4v) is 3.85. The maximum atomic E-state index is 13.1. The van der Waals surface area contributed by atoms with Gasteiger partial charge in [-0.1, -0.05) is 28.9 Å². The highest BCUT2D eigenvalue weighted by Crippen LogP contribution is 2.47. The number of anilines is 1. The zero-order chi connectivity index (χ0) is 23.0. The highest BCUT2D eigenvalue weighted by molar-refractivity contribution is 6.51. The molecule has 32 heavy (non-hydrogen) atoms. The predicted molar refractivity (Wildman–Crippen MR) is 117 cm³/mol. The number of para-hydroxylation sites is 1. The zero-order valence-electron chi connectivity index (χ0n) is 17.5. The van der Waals surface area contributed by atoms with Crippen molar-refractivity contribution in [1.82, 2.24) is 5.16 Å². The van der Waals surface area contributed by atoms with Gasteiger partial charge in [0.25, 0.3) is 5.78 Å². The number of nitrogens with zero attached hydrogens (tertiary/aromatic N) is 2. The van der Waals surface area contributed by atoms with Crippen molar-refractivity contribution in [2.24, 2.45) is 0 Å². The Balaban J connectivity index is 2.01. The first kappa shape index (κ1) is 21.5. The molecule has 1 aromatic heterocycles. The Bertz CT molecular complexity index is 1230. The highest BCUT2D eigenvalue weighted by atomic mass is 35.5. The van der Waals surface area contributed by atoms with Gasteiger partial charge < -0.3 is 19.1 Å². The summed E-state index contributed by atoms with van der Waals surface area (Å²) in [5, 5.41) is 15.5. The lowest BCUT2D eigenvalue weighted by atomic mass is 9.94. The highest BCUT2D eigenvalue weighted by Gasteiger charge is 2.49. The van der Waals surface area contributed by atoms with Crippen molar-refractivity contribution in [3.8, 4) is 11.5 Å². The molecule has 2 heterocycles. The van der Waals surface area contributed by atoms with E-state index in [0.717, 1.165) is 0 Å². The minimum absolute atomic E-state index is 0.121. The number of halogens is 1. The molecule has 1 fully saturated rings. The number of amides is 1. The molecule has 1 aliphatic heterocycles. The fourth-order valence-electron chi connectivity index (χ4n) is 3.72. The molecule has 1 atom stereocenters. The van der Waals surface area contributed by atoms with Gasteiger partial charge in [0, 0.05) is 22.2 Å². The maximum Gasteiger partial charge on any atom is 0.301 e. The van der Waals surface area contributed by atoms with Gasteiger partial charge in [-0.15, -0.1) is 0 Å². The predicted octanol–water partition coefficient (Wildman–Crippen LogP) is 4.28. The van der Waals surface area contributed by atoms with Crippen molar-refractivity contribution in [1.29, 1.82) is 0 Å². The number of benzene rings is 2. The molecular weight excluding hydrogens is 436 g/mol. The average Bonchev–Trinajstić information content (AvgIpc) is 3.33. The third-order valence-corrected chi connectivity index (χ3v) is 5.40. The van der Waals surface area contributed by atoms with Crippen LogP contribution in [0.3, 0.4) is 0 Å². The second-order valence-corrected chi connectivity index (χ2v) is 7.49.